The summed E-state index contributed by atoms with van der Waals surface area (Å²) in [6.07, 6.45) is 0.438. The fourth-order valence-corrected chi connectivity index (χ4v) is 1.47. The van der Waals surface area contributed by atoms with Crippen molar-refractivity contribution in [3.63, 3.8) is 0 Å². The van der Waals surface area contributed by atoms with Crippen molar-refractivity contribution in [2.45, 2.75) is 25.4 Å². The standard InChI is InChI=1S/C11H15NO2/c1-2-11(14,8-10(12)13)9-6-4-3-5-7-9/h3-7,14H,2,8H2,1H3,(H2,12,13)/t11-/m0/s1. The first kappa shape index (κ1) is 10.7. The zero-order chi connectivity index (χ0) is 10.6. The Morgan fingerprint density at radius 2 is 2.00 bits per heavy atom. The first-order valence-electron chi connectivity index (χ1n) is 4.64. The topological polar surface area (TPSA) is 63.3 Å². The number of carbonyl (C=O) groups is 1. The Labute approximate surface area is 83.6 Å². The lowest BCUT2D eigenvalue weighted by Gasteiger charge is -2.25. The van der Waals surface area contributed by atoms with Gasteiger partial charge in [0.2, 0.25) is 5.91 Å². The molecule has 0 aliphatic heterocycles. The molecule has 1 aromatic rings. The summed E-state index contributed by atoms with van der Waals surface area (Å²) >= 11 is 0. The van der Waals surface area contributed by atoms with Crippen LogP contribution in [0.1, 0.15) is 25.3 Å². The van der Waals surface area contributed by atoms with Crippen LogP contribution in [0.3, 0.4) is 0 Å². The van der Waals surface area contributed by atoms with E-state index < -0.39 is 11.5 Å². The molecule has 76 valence electrons. The molecule has 0 saturated heterocycles. The average molecular weight is 193 g/mol. The van der Waals surface area contributed by atoms with Crippen LogP contribution in [-0.2, 0) is 10.4 Å². The Balaban J connectivity index is 2.95. The van der Waals surface area contributed by atoms with Crippen LogP contribution in [0.25, 0.3) is 0 Å². The van der Waals surface area contributed by atoms with E-state index in [-0.39, 0.29) is 6.42 Å². The first-order valence-corrected chi connectivity index (χ1v) is 4.64. The van der Waals surface area contributed by atoms with Gasteiger partial charge in [-0.25, -0.2) is 0 Å². The summed E-state index contributed by atoms with van der Waals surface area (Å²) in [5.74, 6) is -0.488. The van der Waals surface area contributed by atoms with Gasteiger partial charge in [-0.15, -0.1) is 0 Å². The second-order valence-corrected chi connectivity index (χ2v) is 3.39. The molecule has 0 heterocycles. The molecule has 0 bridgehead atoms. The molecule has 1 rings (SSSR count). The molecule has 0 aromatic heterocycles. The molecule has 1 amide bonds. The van der Waals surface area contributed by atoms with Crippen molar-refractivity contribution in [2.75, 3.05) is 0 Å². The Bertz CT molecular complexity index is 310. The van der Waals surface area contributed by atoms with E-state index in [4.69, 9.17) is 5.73 Å². The van der Waals surface area contributed by atoms with Crippen molar-refractivity contribution in [3.05, 3.63) is 35.9 Å². The number of hydrogen-bond donors (Lipinski definition) is 2. The number of rotatable bonds is 4. The second-order valence-electron chi connectivity index (χ2n) is 3.39. The summed E-state index contributed by atoms with van der Waals surface area (Å²) in [6.45, 7) is 1.83. The van der Waals surface area contributed by atoms with Crippen LogP contribution in [-0.4, -0.2) is 11.0 Å². The van der Waals surface area contributed by atoms with E-state index in [1.54, 1.807) is 12.1 Å². The van der Waals surface area contributed by atoms with Gasteiger partial charge in [-0.2, -0.15) is 0 Å². The molecule has 0 spiro atoms. The Morgan fingerprint density at radius 1 is 1.43 bits per heavy atom. The highest BCUT2D eigenvalue weighted by atomic mass is 16.3. The minimum Gasteiger partial charge on any atom is -0.385 e. The van der Waals surface area contributed by atoms with Crippen LogP contribution in [0.5, 0.6) is 0 Å². The molecule has 1 aromatic carbocycles. The van der Waals surface area contributed by atoms with Gasteiger partial charge < -0.3 is 10.8 Å². The third kappa shape index (κ3) is 2.33. The van der Waals surface area contributed by atoms with Gasteiger partial charge in [-0.1, -0.05) is 37.3 Å². The molecule has 14 heavy (non-hydrogen) atoms. The summed E-state index contributed by atoms with van der Waals surface area (Å²) in [7, 11) is 0. The van der Waals surface area contributed by atoms with Gasteiger partial charge in [-0.3, -0.25) is 4.79 Å². The Morgan fingerprint density at radius 3 is 2.43 bits per heavy atom. The molecule has 3 nitrogen and oxygen atoms in total. The zero-order valence-corrected chi connectivity index (χ0v) is 8.23. The summed E-state index contributed by atoms with van der Waals surface area (Å²) in [4.78, 5) is 10.8. The van der Waals surface area contributed by atoms with Crippen molar-refractivity contribution < 1.29 is 9.90 Å². The van der Waals surface area contributed by atoms with Crippen LogP contribution >= 0.6 is 0 Å². The summed E-state index contributed by atoms with van der Waals surface area (Å²) in [5, 5.41) is 10.2. The van der Waals surface area contributed by atoms with Crippen LogP contribution in [0.2, 0.25) is 0 Å². The predicted octanol–water partition coefficient (Wildman–Crippen LogP) is 1.16. The van der Waals surface area contributed by atoms with Gasteiger partial charge in [0.1, 0.15) is 0 Å². The van der Waals surface area contributed by atoms with Crippen molar-refractivity contribution in [3.8, 4) is 0 Å². The van der Waals surface area contributed by atoms with E-state index >= 15 is 0 Å². The molecule has 0 fully saturated rings. The van der Waals surface area contributed by atoms with Gasteiger partial charge in [-0.05, 0) is 12.0 Å². The van der Waals surface area contributed by atoms with E-state index in [9.17, 15) is 9.90 Å². The lowest BCUT2D eigenvalue weighted by Crippen LogP contribution is -2.31. The van der Waals surface area contributed by atoms with Crippen molar-refractivity contribution >= 4 is 5.91 Å². The minimum atomic E-state index is -1.12. The van der Waals surface area contributed by atoms with E-state index in [1.165, 1.54) is 0 Å². The van der Waals surface area contributed by atoms with Crippen molar-refractivity contribution in [1.29, 1.82) is 0 Å². The molecule has 0 aliphatic rings. The largest absolute Gasteiger partial charge is 0.385 e. The molecule has 0 unspecified atom stereocenters. The van der Waals surface area contributed by atoms with Crippen LogP contribution in [0, 0.1) is 0 Å². The number of aliphatic hydroxyl groups is 1. The third-order valence-electron chi connectivity index (χ3n) is 2.36. The molecule has 0 radical (unpaired) electrons. The van der Waals surface area contributed by atoms with Gasteiger partial charge in [0.25, 0.3) is 0 Å². The van der Waals surface area contributed by atoms with Gasteiger partial charge in [0, 0.05) is 0 Å². The molecular formula is C11H15NO2. The Hall–Kier alpha value is -1.35. The number of amides is 1. The molecular weight excluding hydrogens is 178 g/mol. The average Bonchev–Trinajstić information content (AvgIpc) is 2.18. The highest BCUT2D eigenvalue weighted by Crippen LogP contribution is 2.27. The molecule has 0 aliphatic carbocycles. The van der Waals surface area contributed by atoms with Crippen LogP contribution < -0.4 is 5.73 Å². The fourth-order valence-electron chi connectivity index (χ4n) is 1.47. The summed E-state index contributed by atoms with van der Waals surface area (Å²) in [5.41, 5.74) is 4.71. The number of hydrogen-bond acceptors (Lipinski definition) is 2. The summed E-state index contributed by atoms with van der Waals surface area (Å²) in [6, 6.07) is 9.12. The third-order valence-corrected chi connectivity index (χ3v) is 2.36. The number of benzene rings is 1. The number of nitrogens with two attached hydrogens (primary N) is 1. The number of primary amides is 1. The van der Waals surface area contributed by atoms with Gasteiger partial charge >= 0.3 is 0 Å². The molecule has 0 saturated carbocycles. The van der Waals surface area contributed by atoms with E-state index in [2.05, 4.69) is 0 Å². The van der Waals surface area contributed by atoms with Gasteiger partial charge in [0.05, 0.1) is 12.0 Å². The van der Waals surface area contributed by atoms with Crippen LogP contribution in [0.4, 0.5) is 0 Å². The van der Waals surface area contributed by atoms with Crippen molar-refractivity contribution in [2.24, 2.45) is 5.73 Å². The number of carbonyl (C=O) groups excluding carboxylic acids is 1. The maximum absolute atomic E-state index is 10.8. The fraction of sp³-hybridized carbons (Fsp3) is 0.364. The van der Waals surface area contributed by atoms with E-state index in [0.29, 0.717) is 6.42 Å². The van der Waals surface area contributed by atoms with Crippen molar-refractivity contribution in [1.82, 2.24) is 0 Å². The monoisotopic (exact) mass is 193 g/mol. The Kier molecular flexibility index (Phi) is 3.25. The maximum Gasteiger partial charge on any atom is 0.220 e. The highest BCUT2D eigenvalue weighted by Gasteiger charge is 2.28. The quantitative estimate of drug-likeness (QED) is 0.753. The first-order chi connectivity index (χ1) is 6.58. The lowest BCUT2D eigenvalue weighted by molar-refractivity contribution is -0.123. The lowest BCUT2D eigenvalue weighted by atomic mass is 9.88. The summed E-state index contributed by atoms with van der Waals surface area (Å²) < 4.78 is 0. The normalized spacial score (nSPS) is 14.7. The van der Waals surface area contributed by atoms with Gasteiger partial charge in [0.15, 0.2) is 0 Å². The zero-order valence-electron chi connectivity index (χ0n) is 8.23. The molecule has 3 heteroatoms. The maximum atomic E-state index is 10.8. The van der Waals surface area contributed by atoms with Crippen LogP contribution in [0.15, 0.2) is 30.3 Å². The molecule has 3 N–H and O–H groups in total. The minimum absolute atomic E-state index is 0.0342. The SMILES string of the molecule is CC[C@](O)(CC(N)=O)c1ccccc1. The predicted molar refractivity (Wildman–Crippen MR) is 54.4 cm³/mol. The van der Waals surface area contributed by atoms with E-state index in [1.807, 2.05) is 25.1 Å². The second kappa shape index (κ2) is 4.24. The van der Waals surface area contributed by atoms with E-state index in [0.717, 1.165) is 5.56 Å². The highest BCUT2D eigenvalue weighted by molar-refractivity contribution is 5.75. The molecule has 1 atom stereocenters. The smallest absolute Gasteiger partial charge is 0.220 e.